The number of thiophene rings is 1. The van der Waals surface area contributed by atoms with Crippen molar-refractivity contribution in [2.75, 3.05) is 13.2 Å². The first-order valence-corrected chi connectivity index (χ1v) is 8.87. The first-order valence-electron chi connectivity index (χ1n) is 7.99. The number of hydrogen-bond donors (Lipinski definition) is 0. The maximum Gasteiger partial charge on any atom is 0.340 e. The Morgan fingerprint density at radius 1 is 1.15 bits per heavy atom. The third-order valence-electron chi connectivity index (χ3n) is 3.65. The molecule has 0 bridgehead atoms. The second-order valence-corrected chi connectivity index (χ2v) is 6.38. The van der Waals surface area contributed by atoms with Gasteiger partial charge in [0.15, 0.2) is 0 Å². The summed E-state index contributed by atoms with van der Waals surface area (Å²) in [5, 5.41) is 10.7. The van der Waals surface area contributed by atoms with Gasteiger partial charge >= 0.3 is 5.97 Å². The minimum Gasteiger partial charge on any atom is -0.490 e. The van der Waals surface area contributed by atoms with E-state index in [1.165, 1.54) is 0 Å². The van der Waals surface area contributed by atoms with E-state index in [0.717, 1.165) is 10.6 Å². The molecule has 0 atom stereocenters. The quantitative estimate of drug-likeness (QED) is 0.483. The van der Waals surface area contributed by atoms with Gasteiger partial charge in [0.25, 0.3) is 0 Å². The van der Waals surface area contributed by atoms with Crippen molar-refractivity contribution in [3.63, 3.8) is 0 Å². The summed E-state index contributed by atoms with van der Waals surface area (Å²) in [4.78, 5) is 17.7. The number of ether oxygens (including phenoxy) is 2. The summed E-state index contributed by atoms with van der Waals surface area (Å²) in [6, 6.07) is 16.3. The average molecular weight is 364 g/mol. The molecule has 0 fully saturated rings. The molecule has 0 aliphatic rings. The zero-order valence-corrected chi connectivity index (χ0v) is 15.0. The molecule has 2 heterocycles. The number of carbonyl (C=O) groups is 1. The fourth-order valence-electron chi connectivity index (χ4n) is 2.34. The van der Waals surface area contributed by atoms with E-state index in [-0.39, 0.29) is 13.2 Å². The van der Waals surface area contributed by atoms with Crippen LogP contribution in [0.2, 0.25) is 0 Å². The maximum atomic E-state index is 12.2. The highest BCUT2D eigenvalue weighted by Gasteiger charge is 2.13. The number of rotatable bonds is 6. The minimum absolute atomic E-state index is 0.130. The van der Waals surface area contributed by atoms with Crippen LogP contribution in [0.3, 0.4) is 0 Å². The molecule has 2 aromatic heterocycles. The topological polar surface area (TPSA) is 72.2 Å². The summed E-state index contributed by atoms with van der Waals surface area (Å²) >= 11 is 1.60. The average Bonchev–Trinajstić information content (AvgIpc) is 3.20. The van der Waals surface area contributed by atoms with Gasteiger partial charge in [-0.25, -0.2) is 4.79 Å². The third kappa shape index (κ3) is 4.26. The Labute approximate surface area is 155 Å². The highest BCUT2D eigenvalue weighted by Crippen LogP contribution is 2.24. The lowest BCUT2D eigenvalue weighted by atomic mass is 10.2. The first kappa shape index (κ1) is 17.6. The molecule has 3 aromatic rings. The van der Waals surface area contributed by atoms with E-state index < -0.39 is 5.97 Å². The van der Waals surface area contributed by atoms with Crippen molar-refractivity contribution in [2.24, 2.45) is 0 Å². The van der Waals surface area contributed by atoms with E-state index in [0.29, 0.717) is 22.6 Å². The van der Waals surface area contributed by atoms with Gasteiger partial charge < -0.3 is 9.47 Å². The van der Waals surface area contributed by atoms with E-state index in [1.807, 2.05) is 29.6 Å². The van der Waals surface area contributed by atoms with Crippen molar-refractivity contribution in [1.82, 2.24) is 4.98 Å². The van der Waals surface area contributed by atoms with Crippen molar-refractivity contribution in [3.8, 4) is 22.4 Å². The van der Waals surface area contributed by atoms with Crippen molar-refractivity contribution < 1.29 is 14.3 Å². The number of nitriles is 1. The monoisotopic (exact) mass is 364 g/mol. The summed E-state index contributed by atoms with van der Waals surface area (Å²) in [6.07, 6.45) is 0. The highest BCUT2D eigenvalue weighted by atomic mass is 32.1. The van der Waals surface area contributed by atoms with Gasteiger partial charge in [-0.3, -0.25) is 4.98 Å². The number of benzene rings is 1. The van der Waals surface area contributed by atoms with E-state index >= 15 is 0 Å². The molecule has 130 valence electrons. The predicted octanol–water partition coefficient (Wildman–Crippen LogP) is 4.23. The van der Waals surface area contributed by atoms with Gasteiger partial charge in [0, 0.05) is 0 Å². The molecule has 0 N–H and O–H groups in total. The molecular weight excluding hydrogens is 348 g/mol. The second kappa shape index (κ2) is 8.28. The van der Waals surface area contributed by atoms with Crippen molar-refractivity contribution in [2.45, 2.75) is 6.92 Å². The molecule has 26 heavy (non-hydrogen) atoms. The summed E-state index contributed by atoms with van der Waals surface area (Å²) in [6.45, 7) is 2.16. The van der Waals surface area contributed by atoms with Crippen LogP contribution in [-0.2, 0) is 4.74 Å². The Hall–Kier alpha value is -3.17. The van der Waals surface area contributed by atoms with Crippen LogP contribution in [0, 0.1) is 18.3 Å². The second-order valence-electron chi connectivity index (χ2n) is 5.43. The number of nitrogens with zero attached hydrogens (tertiary/aromatic N) is 2. The number of aryl methyl sites for hydroxylation is 1. The highest BCUT2D eigenvalue weighted by molar-refractivity contribution is 7.13. The van der Waals surface area contributed by atoms with E-state index in [9.17, 15) is 4.79 Å². The van der Waals surface area contributed by atoms with Gasteiger partial charge in [0.1, 0.15) is 19.0 Å². The number of hydrogen-bond acceptors (Lipinski definition) is 6. The molecule has 6 heteroatoms. The molecule has 0 unspecified atom stereocenters. The van der Waals surface area contributed by atoms with Crippen LogP contribution in [0.1, 0.15) is 21.6 Å². The number of carbonyl (C=O) groups excluding carboxylic acids is 1. The van der Waals surface area contributed by atoms with Crippen molar-refractivity contribution in [1.29, 1.82) is 5.26 Å². The third-order valence-corrected chi connectivity index (χ3v) is 4.54. The molecule has 0 aliphatic carbocycles. The summed E-state index contributed by atoms with van der Waals surface area (Å²) in [5.74, 6) is 0.203. The molecule has 1 aromatic carbocycles. The largest absolute Gasteiger partial charge is 0.490 e. The fourth-order valence-corrected chi connectivity index (χ4v) is 3.03. The normalized spacial score (nSPS) is 10.2. The molecule has 0 radical (unpaired) electrons. The Kier molecular flexibility index (Phi) is 5.62. The molecular formula is C20H16N2O3S. The summed E-state index contributed by atoms with van der Waals surface area (Å²) in [5.41, 5.74) is 2.49. The lowest BCUT2D eigenvalue weighted by Gasteiger charge is -2.09. The van der Waals surface area contributed by atoms with Gasteiger partial charge in [-0.15, -0.1) is 11.3 Å². The molecule has 0 saturated carbocycles. The zero-order valence-electron chi connectivity index (χ0n) is 14.1. The van der Waals surface area contributed by atoms with Gasteiger partial charge in [0.05, 0.1) is 33.5 Å². The van der Waals surface area contributed by atoms with E-state index in [2.05, 4.69) is 4.98 Å². The first-order chi connectivity index (χ1) is 12.7. The number of esters is 1. The van der Waals surface area contributed by atoms with Gasteiger partial charge in [-0.2, -0.15) is 5.26 Å². The van der Waals surface area contributed by atoms with Crippen LogP contribution in [0.5, 0.6) is 5.75 Å². The summed E-state index contributed by atoms with van der Waals surface area (Å²) < 4.78 is 10.7. The van der Waals surface area contributed by atoms with Crippen LogP contribution in [0.4, 0.5) is 0 Å². The van der Waals surface area contributed by atoms with Crippen molar-refractivity contribution >= 4 is 17.3 Å². The van der Waals surface area contributed by atoms with Crippen molar-refractivity contribution in [3.05, 3.63) is 70.7 Å². The van der Waals surface area contributed by atoms with Gasteiger partial charge in [-0.1, -0.05) is 6.07 Å². The van der Waals surface area contributed by atoms with Crippen LogP contribution < -0.4 is 4.74 Å². The van der Waals surface area contributed by atoms with Crippen LogP contribution in [0.15, 0.2) is 53.9 Å². The SMILES string of the molecule is Cc1nc(-c2cccs2)ccc1C(=O)OCCOc1ccc(C#N)cc1. The Morgan fingerprint density at radius 2 is 1.96 bits per heavy atom. The minimum atomic E-state index is -0.420. The molecule has 0 amide bonds. The lowest BCUT2D eigenvalue weighted by molar-refractivity contribution is 0.0449. The van der Waals surface area contributed by atoms with Crippen LogP contribution >= 0.6 is 11.3 Å². The molecule has 0 aliphatic heterocycles. The van der Waals surface area contributed by atoms with Crippen LogP contribution in [-0.4, -0.2) is 24.2 Å². The summed E-state index contributed by atoms with van der Waals surface area (Å²) in [7, 11) is 0. The smallest absolute Gasteiger partial charge is 0.340 e. The van der Waals surface area contributed by atoms with E-state index in [4.69, 9.17) is 14.7 Å². The molecule has 5 nitrogen and oxygen atoms in total. The zero-order chi connectivity index (χ0) is 18.4. The Balaban J connectivity index is 1.52. The molecule has 0 spiro atoms. The van der Waals surface area contributed by atoms with Gasteiger partial charge in [0.2, 0.25) is 0 Å². The van der Waals surface area contributed by atoms with E-state index in [1.54, 1.807) is 48.6 Å². The predicted molar refractivity (Wildman–Crippen MR) is 99.2 cm³/mol. The molecule has 3 rings (SSSR count). The maximum absolute atomic E-state index is 12.2. The standard InChI is InChI=1S/C20H16N2O3S/c1-14-17(8-9-18(22-14)19-3-2-12-26-19)20(23)25-11-10-24-16-6-4-15(13-21)5-7-16/h2-9,12H,10-11H2,1H3. The number of aromatic nitrogens is 1. The van der Waals surface area contributed by atoms with Crippen LogP contribution in [0.25, 0.3) is 10.6 Å². The lowest BCUT2D eigenvalue weighted by Crippen LogP contribution is -2.14. The Morgan fingerprint density at radius 3 is 2.62 bits per heavy atom. The van der Waals surface area contributed by atoms with Gasteiger partial charge in [-0.05, 0) is 54.8 Å². The molecule has 0 saturated heterocycles. The Bertz CT molecular complexity index is 929. The number of pyridine rings is 1. The fraction of sp³-hybridized carbons (Fsp3) is 0.150.